The number of nitrogens with zero attached hydrogens (tertiary/aromatic N) is 6. The fourth-order valence-corrected chi connectivity index (χ4v) is 4.29. The number of fused-ring (bicyclic) bond motifs is 1. The Morgan fingerprint density at radius 1 is 1.00 bits per heavy atom. The van der Waals surface area contributed by atoms with E-state index < -0.39 is 6.03 Å². The van der Waals surface area contributed by atoms with E-state index in [1.807, 2.05) is 43.3 Å². The van der Waals surface area contributed by atoms with Gasteiger partial charge in [-0.15, -0.1) is 0 Å². The van der Waals surface area contributed by atoms with E-state index in [0.29, 0.717) is 39.1 Å². The Labute approximate surface area is 224 Å². The number of hydrogen-bond acceptors (Lipinski definition) is 6. The number of urea groups is 1. The highest BCUT2D eigenvalue weighted by Gasteiger charge is 2.22. The fraction of sp³-hybridized carbons (Fsp3) is 0.222. The molecule has 38 heavy (non-hydrogen) atoms. The smallest absolute Gasteiger partial charge is 0.324 e. The van der Waals surface area contributed by atoms with Gasteiger partial charge in [-0.2, -0.15) is 10.2 Å². The lowest BCUT2D eigenvalue weighted by Gasteiger charge is -2.14. The van der Waals surface area contributed by atoms with Crippen LogP contribution < -0.4 is 16.4 Å². The van der Waals surface area contributed by atoms with Crippen LogP contribution in [-0.4, -0.2) is 35.6 Å². The zero-order chi connectivity index (χ0) is 27.2. The van der Waals surface area contributed by atoms with E-state index in [-0.39, 0.29) is 5.41 Å². The van der Waals surface area contributed by atoms with Gasteiger partial charge in [0.2, 0.25) is 0 Å². The number of aryl methyl sites for hydroxylation is 2. The van der Waals surface area contributed by atoms with Gasteiger partial charge in [-0.1, -0.05) is 56.1 Å². The van der Waals surface area contributed by atoms with Crippen LogP contribution >= 0.6 is 11.6 Å². The highest BCUT2D eigenvalue weighted by Crippen LogP contribution is 2.34. The van der Waals surface area contributed by atoms with E-state index in [4.69, 9.17) is 22.4 Å². The minimum Gasteiger partial charge on any atom is -0.383 e. The van der Waals surface area contributed by atoms with Crippen molar-refractivity contribution in [2.45, 2.75) is 33.1 Å². The topological polar surface area (TPSA) is 129 Å². The molecule has 0 aliphatic rings. The number of benzene rings is 2. The van der Waals surface area contributed by atoms with Crippen molar-refractivity contribution in [3.8, 4) is 16.9 Å². The van der Waals surface area contributed by atoms with Crippen molar-refractivity contribution < 1.29 is 4.79 Å². The monoisotopic (exact) mass is 529 g/mol. The third kappa shape index (κ3) is 4.78. The molecule has 0 bridgehead atoms. The molecule has 0 radical (unpaired) electrons. The minimum absolute atomic E-state index is 0.202. The Morgan fingerprint density at radius 3 is 2.42 bits per heavy atom. The standard InChI is InChI=1S/C27H28ClN9O/c1-15-6-9-17(10-7-15)37-21(13-20(34-37)27(2,3)4)33-26(38)32-19-11-8-16(12-18(19)28)23-22-24(29)30-14-31-25(22)36(5)35-23/h6-14H,1-5H3,(H2,29,30,31)(H2,32,33,38). The second-order valence-corrected chi connectivity index (χ2v) is 10.5. The first kappa shape index (κ1) is 25.2. The van der Waals surface area contributed by atoms with Gasteiger partial charge in [0.15, 0.2) is 5.65 Å². The number of nitrogen functional groups attached to an aromatic ring is 1. The van der Waals surface area contributed by atoms with Crippen LogP contribution in [0.3, 0.4) is 0 Å². The Kier molecular flexibility index (Phi) is 6.28. The molecule has 5 rings (SSSR count). The molecular formula is C27H28ClN9O. The third-order valence-corrected chi connectivity index (χ3v) is 6.45. The SMILES string of the molecule is Cc1ccc(-n2nc(C(C)(C)C)cc2NC(=O)Nc2ccc(-c3nn(C)c4ncnc(N)c34)cc2Cl)cc1. The van der Waals surface area contributed by atoms with E-state index in [0.717, 1.165) is 22.5 Å². The summed E-state index contributed by atoms with van der Waals surface area (Å²) >= 11 is 6.57. The van der Waals surface area contributed by atoms with Gasteiger partial charge < -0.3 is 11.1 Å². The average molecular weight is 530 g/mol. The summed E-state index contributed by atoms with van der Waals surface area (Å²) in [6.07, 6.45) is 1.40. The van der Waals surface area contributed by atoms with Gasteiger partial charge in [-0.25, -0.2) is 24.1 Å². The second kappa shape index (κ2) is 9.46. The Hall–Kier alpha value is -4.44. The first-order valence-electron chi connectivity index (χ1n) is 12.0. The van der Waals surface area contributed by atoms with Gasteiger partial charge in [-0.05, 0) is 31.2 Å². The molecule has 2 amide bonds. The summed E-state index contributed by atoms with van der Waals surface area (Å²) in [6, 6.07) is 14.6. The van der Waals surface area contributed by atoms with Crippen LogP contribution in [0.5, 0.6) is 0 Å². The van der Waals surface area contributed by atoms with Crippen LogP contribution in [0.15, 0.2) is 54.9 Å². The molecule has 0 spiro atoms. The number of rotatable bonds is 4. The first-order chi connectivity index (χ1) is 18.0. The van der Waals surface area contributed by atoms with E-state index in [1.54, 1.807) is 28.5 Å². The molecule has 3 aromatic heterocycles. The molecule has 0 fully saturated rings. The van der Waals surface area contributed by atoms with E-state index in [9.17, 15) is 4.79 Å². The van der Waals surface area contributed by atoms with Crippen molar-refractivity contribution in [2.75, 3.05) is 16.4 Å². The van der Waals surface area contributed by atoms with Crippen LogP contribution in [0, 0.1) is 6.92 Å². The number of anilines is 3. The number of hydrogen-bond donors (Lipinski definition) is 3. The van der Waals surface area contributed by atoms with Crippen molar-refractivity contribution >= 4 is 46.0 Å². The van der Waals surface area contributed by atoms with E-state index in [2.05, 4.69) is 46.5 Å². The zero-order valence-electron chi connectivity index (χ0n) is 21.7. The predicted octanol–water partition coefficient (Wildman–Crippen LogP) is 5.70. The highest BCUT2D eigenvalue weighted by molar-refractivity contribution is 6.34. The predicted molar refractivity (Wildman–Crippen MR) is 151 cm³/mol. The van der Waals surface area contributed by atoms with E-state index >= 15 is 0 Å². The lowest BCUT2D eigenvalue weighted by Crippen LogP contribution is -2.21. The van der Waals surface area contributed by atoms with Gasteiger partial charge in [-0.3, -0.25) is 5.32 Å². The van der Waals surface area contributed by atoms with E-state index in [1.165, 1.54) is 6.33 Å². The quantitative estimate of drug-likeness (QED) is 0.274. The largest absolute Gasteiger partial charge is 0.383 e. The average Bonchev–Trinajstić information content (AvgIpc) is 3.43. The van der Waals surface area contributed by atoms with Crippen molar-refractivity contribution in [1.82, 2.24) is 29.5 Å². The number of aromatic nitrogens is 6. The van der Waals surface area contributed by atoms with Crippen LogP contribution in [0.1, 0.15) is 32.0 Å². The van der Waals surface area contributed by atoms with Crippen molar-refractivity contribution in [2.24, 2.45) is 7.05 Å². The molecule has 11 heteroatoms. The van der Waals surface area contributed by atoms with Gasteiger partial charge in [0, 0.05) is 24.1 Å². The van der Waals surface area contributed by atoms with Crippen molar-refractivity contribution in [3.63, 3.8) is 0 Å². The van der Waals surface area contributed by atoms with Gasteiger partial charge >= 0.3 is 6.03 Å². The normalized spacial score (nSPS) is 11.6. The molecule has 4 N–H and O–H groups in total. The summed E-state index contributed by atoms with van der Waals surface area (Å²) in [7, 11) is 1.78. The lowest BCUT2D eigenvalue weighted by molar-refractivity contribution is 0.262. The molecule has 194 valence electrons. The van der Waals surface area contributed by atoms with Crippen LogP contribution in [0.25, 0.3) is 28.0 Å². The first-order valence-corrected chi connectivity index (χ1v) is 12.4. The van der Waals surface area contributed by atoms with Crippen LogP contribution in [0.2, 0.25) is 5.02 Å². The van der Waals surface area contributed by atoms with Crippen molar-refractivity contribution in [1.29, 1.82) is 0 Å². The third-order valence-electron chi connectivity index (χ3n) is 6.14. The molecule has 2 aromatic carbocycles. The summed E-state index contributed by atoms with van der Waals surface area (Å²) in [5.41, 5.74) is 11.1. The number of amides is 2. The molecule has 5 aromatic rings. The number of carbonyl (C=O) groups is 1. The molecule has 0 aliphatic heterocycles. The molecule has 0 aliphatic carbocycles. The number of carbonyl (C=O) groups excluding carboxylic acids is 1. The molecule has 0 atom stereocenters. The summed E-state index contributed by atoms with van der Waals surface area (Å²) in [6.45, 7) is 8.24. The fourth-order valence-electron chi connectivity index (χ4n) is 4.06. The maximum atomic E-state index is 13.0. The highest BCUT2D eigenvalue weighted by atomic mass is 35.5. The van der Waals surface area contributed by atoms with Gasteiger partial charge in [0.05, 0.1) is 27.5 Å². The van der Waals surface area contributed by atoms with Crippen LogP contribution in [0.4, 0.5) is 22.1 Å². The van der Waals surface area contributed by atoms with Crippen molar-refractivity contribution in [3.05, 3.63) is 71.1 Å². The number of nitrogens with two attached hydrogens (primary N) is 1. The molecule has 0 unspecified atom stereocenters. The Bertz CT molecular complexity index is 1660. The maximum Gasteiger partial charge on any atom is 0.324 e. The molecule has 0 saturated carbocycles. The summed E-state index contributed by atoms with van der Waals surface area (Å²) < 4.78 is 3.36. The molecule has 3 heterocycles. The van der Waals surface area contributed by atoms with Gasteiger partial charge in [0.1, 0.15) is 23.7 Å². The summed E-state index contributed by atoms with van der Waals surface area (Å²) in [4.78, 5) is 21.4. The number of nitrogens with one attached hydrogen (secondary N) is 2. The zero-order valence-corrected chi connectivity index (χ0v) is 22.5. The second-order valence-electron chi connectivity index (χ2n) is 10.1. The molecular weight excluding hydrogens is 502 g/mol. The van der Waals surface area contributed by atoms with Crippen LogP contribution in [-0.2, 0) is 12.5 Å². The summed E-state index contributed by atoms with van der Waals surface area (Å²) in [5.74, 6) is 0.870. The number of halogens is 1. The summed E-state index contributed by atoms with van der Waals surface area (Å²) in [5, 5.41) is 16.0. The molecule has 10 nitrogen and oxygen atoms in total. The van der Waals surface area contributed by atoms with Gasteiger partial charge in [0.25, 0.3) is 0 Å². The maximum absolute atomic E-state index is 13.0. The Balaban J connectivity index is 1.41. The molecule has 0 saturated heterocycles. The lowest BCUT2D eigenvalue weighted by atomic mass is 9.92. The Morgan fingerprint density at radius 2 is 1.74 bits per heavy atom. The minimum atomic E-state index is -0.450.